The average Bonchev–Trinajstić information content (AvgIpc) is 3.09. The van der Waals surface area contributed by atoms with Gasteiger partial charge >= 0.3 is 5.97 Å². The summed E-state index contributed by atoms with van der Waals surface area (Å²) in [6.45, 7) is 5.88. The summed E-state index contributed by atoms with van der Waals surface area (Å²) in [6.07, 6.45) is 1.25. The van der Waals surface area contributed by atoms with Gasteiger partial charge in [-0.15, -0.1) is 0 Å². The summed E-state index contributed by atoms with van der Waals surface area (Å²) in [6, 6.07) is 10.0. The largest absolute Gasteiger partial charge is 0.464 e. The number of esters is 1. The van der Waals surface area contributed by atoms with Crippen molar-refractivity contribution in [1.82, 2.24) is 5.32 Å². The number of hydrogen-bond acceptors (Lipinski definition) is 4. The van der Waals surface area contributed by atoms with Gasteiger partial charge in [0.1, 0.15) is 11.4 Å². The van der Waals surface area contributed by atoms with Crippen LogP contribution in [0.5, 0.6) is 0 Å². The van der Waals surface area contributed by atoms with Gasteiger partial charge in [0.05, 0.1) is 12.7 Å². The zero-order valence-corrected chi connectivity index (χ0v) is 16.8. The summed E-state index contributed by atoms with van der Waals surface area (Å²) < 4.78 is 23.8. The summed E-state index contributed by atoms with van der Waals surface area (Å²) >= 11 is 0. The van der Waals surface area contributed by atoms with Crippen molar-refractivity contribution in [3.63, 3.8) is 0 Å². The van der Waals surface area contributed by atoms with Gasteiger partial charge < -0.3 is 14.5 Å². The maximum atomic E-state index is 12.9. The molecule has 0 fully saturated rings. The van der Waals surface area contributed by atoms with Crippen molar-refractivity contribution in [2.45, 2.75) is 39.7 Å². The lowest BCUT2D eigenvalue weighted by molar-refractivity contribution is -0.154. The number of hydrogen-bond donors (Lipinski definition) is 1. The van der Waals surface area contributed by atoms with Crippen LogP contribution in [0, 0.1) is 19.7 Å². The van der Waals surface area contributed by atoms with Gasteiger partial charge in [-0.3, -0.25) is 9.59 Å². The molecule has 1 aromatic heterocycles. The minimum Gasteiger partial charge on any atom is -0.464 e. The van der Waals surface area contributed by atoms with Crippen molar-refractivity contribution in [3.8, 4) is 0 Å². The molecule has 6 heteroatoms. The van der Waals surface area contributed by atoms with E-state index < -0.39 is 12.1 Å². The second-order valence-electron chi connectivity index (χ2n) is 7.12. The van der Waals surface area contributed by atoms with E-state index in [9.17, 15) is 14.0 Å². The molecule has 1 heterocycles. The minimum absolute atomic E-state index is 0.0305. The number of furan rings is 1. The number of carbonyl (C=O) groups is 2. The summed E-state index contributed by atoms with van der Waals surface area (Å²) in [4.78, 5) is 24.4. The van der Waals surface area contributed by atoms with Gasteiger partial charge in [-0.05, 0) is 56.0 Å². The number of aryl methyl sites for hydroxylation is 2. The Kier molecular flexibility index (Phi) is 6.32. The third kappa shape index (κ3) is 5.02. The molecular weight excluding hydrogens is 373 g/mol. The molecule has 5 nitrogen and oxygen atoms in total. The van der Waals surface area contributed by atoms with E-state index >= 15 is 0 Å². The number of nitrogens with one attached hydrogen (secondary N) is 1. The zero-order chi connectivity index (χ0) is 21.0. The molecule has 0 bridgehead atoms. The van der Waals surface area contributed by atoms with Crippen molar-refractivity contribution >= 4 is 22.8 Å². The van der Waals surface area contributed by atoms with E-state index in [1.807, 2.05) is 26.0 Å². The first-order valence-corrected chi connectivity index (χ1v) is 9.53. The lowest BCUT2D eigenvalue weighted by Crippen LogP contribution is -2.37. The summed E-state index contributed by atoms with van der Waals surface area (Å²) in [5, 5.41) is 3.60. The first-order chi connectivity index (χ1) is 13.8. The number of benzene rings is 2. The predicted octanol–water partition coefficient (Wildman–Crippen LogP) is 4.02. The number of halogens is 1. The van der Waals surface area contributed by atoms with Gasteiger partial charge in [-0.2, -0.15) is 0 Å². The second kappa shape index (κ2) is 8.90. The highest BCUT2D eigenvalue weighted by molar-refractivity contribution is 5.89. The summed E-state index contributed by atoms with van der Waals surface area (Å²) in [5.74, 6) is -1.16. The van der Waals surface area contributed by atoms with Gasteiger partial charge in [-0.25, -0.2) is 4.39 Å². The second-order valence-corrected chi connectivity index (χ2v) is 7.12. The molecule has 0 aliphatic rings. The highest BCUT2D eigenvalue weighted by Crippen LogP contribution is 2.27. The van der Waals surface area contributed by atoms with Crippen molar-refractivity contribution in [2.24, 2.45) is 0 Å². The summed E-state index contributed by atoms with van der Waals surface area (Å²) in [5.41, 5.74) is 4.56. The minimum atomic E-state index is -0.905. The number of ether oxygens (including phenoxy) is 1. The number of rotatable bonds is 7. The van der Waals surface area contributed by atoms with Crippen molar-refractivity contribution in [2.75, 3.05) is 6.54 Å². The van der Waals surface area contributed by atoms with E-state index in [-0.39, 0.29) is 18.1 Å². The maximum Gasteiger partial charge on any atom is 0.311 e. The molecule has 29 heavy (non-hydrogen) atoms. The molecule has 3 rings (SSSR count). The van der Waals surface area contributed by atoms with Crippen LogP contribution in [0.25, 0.3) is 11.0 Å². The molecule has 0 spiro atoms. The Hall–Kier alpha value is -3.15. The van der Waals surface area contributed by atoms with Crippen LogP contribution in [-0.4, -0.2) is 24.5 Å². The monoisotopic (exact) mass is 397 g/mol. The van der Waals surface area contributed by atoms with Crippen LogP contribution in [0.15, 0.2) is 47.1 Å². The van der Waals surface area contributed by atoms with Crippen LogP contribution in [-0.2, 0) is 27.2 Å². The SMILES string of the molecule is Cc1ccc2c(CC(=O)O[C@H](C)C(=O)NCCc3ccc(F)cc3)coc2c1C. The van der Waals surface area contributed by atoms with Crippen molar-refractivity contribution < 1.29 is 23.1 Å². The highest BCUT2D eigenvalue weighted by atomic mass is 19.1. The van der Waals surface area contributed by atoms with E-state index in [0.29, 0.717) is 13.0 Å². The molecule has 0 radical (unpaired) electrons. The molecule has 0 unspecified atom stereocenters. The maximum absolute atomic E-state index is 12.9. The molecule has 0 saturated carbocycles. The Balaban J connectivity index is 1.50. The lowest BCUT2D eigenvalue weighted by atomic mass is 10.0. The Morgan fingerprint density at radius 3 is 2.59 bits per heavy atom. The van der Waals surface area contributed by atoms with E-state index in [1.165, 1.54) is 19.1 Å². The molecular formula is C23H24FNO4. The summed E-state index contributed by atoms with van der Waals surface area (Å²) in [7, 11) is 0. The molecule has 1 N–H and O–H groups in total. The number of fused-ring (bicyclic) bond motifs is 1. The van der Waals surface area contributed by atoms with Gasteiger partial charge in [-0.1, -0.05) is 24.3 Å². The van der Waals surface area contributed by atoms with Crippen LogP contribution < -0.4 is 5.32 Å². The van der Waals surface area contributed by atoms with Crippen molar-refractivity contribution in [1.29, 1.82) is 0 Å². The first-order valence-electron chi connectivity index (χ1n) is 9.53. The molecule has 152 valence electrons. The smallest absolute Gasteiger partial charge is 0.311 e. The topological polar surface area (TPSA) is 68.5 Å². The standard InChI is InChI=1S/C23H24FNO4/c1-14-4-9-20-18(13-28-22(20)15(14)2)12-21(26)29-16(3)23(27)25-11-10-17-5-7-19(24)8-6-17/h4-9,13,16H,10-12H2,1-3H3,(H,25,27)/t16-/m1/s1. The van der Waals surface area contributed by atoms with E-state index in [1.54, 1.807) is 18.4 Å². The van der Waals surface area contributed by atoms with Crippen LogP contribution >= 0.6 is 0 Å². The van der Waals surface area contributed by atoms with Gasteiger partial charge in [0.2, 0.25) is 0 Å². The number of carbonyl (C=O) groups excluding carboxylic acids is 2. The van der Waals surface area contributed by atoms with E-state index in [4.69, 9.17) is 9.15 Å². The molecule has 1 atom stereocenters. The molecule has 0 aliphatic carbocycles. The van der Waals surface area contributed by atoms with E-state index in [2.05, 4.69) is 5.32 Å². The Morgan fingerprint density at radius 1 is 1.14 bits per heavy atom. The van der Waals surface area contributed by atoms with Gasteiger partial charge in [0, 0.05) is 17.5 Å². The van der Waals surface area contributed by atoms with E-state index in [0.717, 1.165) is 33.2 Å². The highest BCUT2D eigenvalue weighted by Gasteiger charge is 2.19. The normalized spacial score (nSPS) is 12.0. The fraction of sp³-hybridized carbons (Fsp3) is 0.304. The van der Waals surface area contributed by atoms with Gasteiger partial charge in [0.15, 0.2) is 6.10 Å². The molecule has 2 aromatic carbocycles. The van der Waals surface area contributed by atoms with Crippen LogP contribution in [0.1, 0.15) is 29.2 Å². The van der Waals surface area contributed by atoms with Crippen LogP contribution in [0.4, 0.5) is 4.39 Å². The zero-order valence-electron chi connectivity index (χ0n) is 16.8. The lowest BCUT2D eigenvalue weighted by Gasteiger charge is -2.13. The van der Waals surface area contributed by atoms with Gasteiger partial charge in [0.25, 0.3) is 5.91 Å². The molecule has 0 saturated heterocycles. The first kappa shape index (κ1) is 20.6. The third-order valence-corrected chi connectivity index (χ3v) is 4.98. The Morgan fingerprint density at radius 2 is 1.86 bits per heavy atom. The molecule has 3 aromatic rings. The average molecular weight is 397 g/mol. The fourth-order valence-corrected chi connectivity index (χ4v) is 3.10. The molecule has 1 amide bonds. The number of amides is 1. The quantitative estimate of drug-likeness (QED) is 0.612. The molecule has 0 aliphatic heterocycles. The van der Waals surface area contributed by atoms with Crippen LogP contribution in [0.3, 0.4) is 0 Å². The van der Waals surface area contributed by atoms with Crippen molar-refractivity contribution in [3.05, 3.63) is 70.7 Å². The third-order valence-electron chi connectivity index (χ3n) is 4.98. The predicted molar refractivity (Wildman–Crippen MR) is 108 cm³/mol. The Bertz CT molecular complexity index is 1020. The van der Waals surface area contributed by atoms with Crippen LogP contribution in [0.2, 0.25) is 0 Å². The fourth-order valence-electron chi connectivity index (χ4n) is 3.10. The Labute approximate surface area is 168 Å².